The van der Waals surface area contributed by atoms with Gasteiger partial charge in [-0.3, -0.25) is 4.79 Å². The van der Waals surface area contributed by atoms with Crippen LogP contribution in [0.15, 0.2) is 30.3 Å². The van der Waals surface area contributed by atoms with Gasteiger partial charge in [-0.25, -0.2) is 0 Å². The minimum Gasteiger partial charge on any atom is -0.496 e. The van der Waals surface area contributed by atoms with Crippen LogP contribution in [0, 0.1) is 20.8 Å². The molecule has 0 radical (unpaired) electrons. The Bertz CT molecular complexity index is 764. The summed E-state index contributed by atoms with van der Waals surface area (Å²) in [5, 5.41) is 0. The number of hydrogen-bond donors (Lipinski definition) is 0. The lowest BCUT2D eigenvalue weighted by Gasteiger charge is -2.31. The largest absolute Gasteiger partial charge is 0.496 e. The van der Waals surface area contributed by atoms with Gasteiger partial charge in [-0.15, -0.1) is 0 Å². The lowest BCUT2D eigenvalue weighted by molar-refractivity contribution is 0.0985. The predicted molar refractivity (Wildman–Crippen MR) is 93.6 cm³/mol. The van der Waals surface area contributed by atoms with E-state index in [1.807, 2.05) is 30.0 Å². The SMILES string of the molecule is COc1cc(C(=O)N2CCCc3c(C)cc(C)cc32)ccc1C. The third kappa shape index (κ3) is 2.83. The highest BCUT2D eigenvalue weighted by molar-refractivity contribution is 6.07. The monoisotopic (exact) mass is 309 g/mol. The molecule has 1 amide bonds. The second-order valence-corrected chi connectivity index (χ2v) is 6.32. The highest BCUT2D eigenvalue weighted by Gasteiger charge is 2.25. The highest BCUT2D eigenvalue weighted by Crippen LogP contribution is 2.32. The van der Waals surface area contributed by atoms with Gasteiger partial charge in [0.05, 0.1) is 7.11 Å². The molecule has 0 aliphatic carbocycles. The van der Waals surface area contributed by atoms with Crippen molar-refractivity contribution in [2.24, 2.45) is 0 Å². The Morgan fingerprint density at radius 2 is 1.87 bits per heavy atom. The average molecular weight is 309 g/mol. The van der Waals surface area contributed by atoms with Crippen LogP contribution in [0.25, 0.3) is 0 Å². The number of nitrogens with zero attached hydrogens (tertiary/aromatic N) is 1. The van der Waals surface area contributed by atoms with E-state index in [2.05, 4.69) is 26.0 Å². The number of carbonyl (C=O) groups excluding carboxylic acids is 1. The van der Waals surface area contributed by atoms with Crippen LogP contribution < -0.4 is 9.64 Å². The molecule has 0 fully saturated rings. The van der Waals surface area contributed by atoms with Crippen LogP contribution >= 0.6 is 0 Å². The van der Waals surface area contributed by atoms with Crippen molar-refractivity contribution in [2.75, 3.05) is 18.6 Å². The molecule has 3 rings (SSSR count). The Hall–Kier alpha value is -2.29. The summed E-state index contributed by atoms with van der Waals surface area (Å²) in [4.78, 5) is 15.0. The number of rotatable bonds is 2. The summed E-state index contributed by atoms with van der Waals surface area (Å²) in [5.41, 5.74) is 6.56. The van der Waals surface area contributed by atoms with Crippen molar-refractivity contribution in [1.82, 2.24) is 0 Å². The van der Waals surface area contributed by atoms with Crippen LogP contribution in [0.2, 0.25) is 0 Å². The number of carbonyl (C=O) groups is 1. The smallest absolute Gasteiger partial charge is 0.258 e. The van der Waals surface area contributed by atoms with Crippen molar-refractivity contribution in [3.63, 3.8) is 0 Å². The van der Waals surface area contributed by atoms with Gasteiger partial charge in [0.25, 0.3) is 5.91 Å². The van der Waals surface area contributed by atoms with E-state index in [1.54, 1.807) is 7.11 Å². The molecule has 120 valence electrons. The molecular weight excluding hydrogens is 286 g/mol. The number of benzene rings is 2. The minimum atomic E-state index is 0.0502. The van der Waals surface area contributed by atoms with Crippen LogP contribution in [0.1, 0.15) is 39.0 Å². The molecule has 0 aromatic heterocycles. The highest BCUT2D eigenvalue weighted by atomic mass is 16.5. The van der Waals surface area contributed by atoms with Gasteiger partial charge in [-0.1, -0.05) is 12.1 Å². The molecule has 0 atom stereocenters. The van der Waals surface area contributed by atoms with Crippen molar-refractivity contribution in [3.05, 3.63) is 58.1 Å². The maximum absolute atomic E-state index is 13.0. The molecule has 0 saturated carbocycles. The first-order chi connectivity index (χ1) is 11.0. The zero-order valence-corrected chi connectivity index (χ0v) is 14.3. The maximum atomic E-state index is 13.0. The molecule has 0 spiro atoms. The molecule has 0 unspecified atom stereocenters. The zero-order valence-electron chi connectivity index (χ0n) is 14.3. The lowest BCUT2D eigenvalue weighted by Crippen LogP contribution is -2.35. The van der Waals surface area contributed by atoms with Crippen molar-refractivity contribution >= 4 is 11.6 Å². The van der Waals surface area contributed by atoms with Crippen molar-refractivity contribution < 1.29 is 9.53 Å². The van der Waals surface area contributed by atoms with Gasteiger partial charge in [0.1, 0.15) is 5.75 Å². The third-order valence-electron chi connectivity index (χ3n) is 4.59. The number of anilines is 1. The van der Waals surface area contributed by atoms with Crippen LogP contribution in [0.3, 0.4) is 0 Å². The van der Waals surface area contributed by atoms with E-state index >= 15 is 0 Å². The van der Waals surface area contributed by atoms with Gasteiger partial charge in [0.2, 0.25) is 0 Å². The van der Waals surface area contributed by atoms with E-state index in [1.165, 1.54) is 16.7 Å². The zero-order chi connectivity index (χ0) is 16.6. The van der Waals surface area contributed by atoms with Crippen LogP contribution in [-0.4, -0.2) is 19.6 Å². The first-order valence-corrected chi connectivity index (χ1v) is 8.08. The van der Waals surface area contributed by atoms with Gasteiger partial charge in [0.15, 0.2) is 0 Å². The first kappa shape index (κ1) is 15.6. The number of amides is 1. The number of hydrogen-bond acceptors (Lipinski definition) is 2. The Morgan fingerprint density at radius 3 is 2.61 bits per heavy atom. The molecule has 0 N–H and O–H groups in total. The summed E-state index contributed by atoms with van der Waals surface area (Å²) in [7, 11) is 1.64. The quantitative estimate of drug-likeness (QED) is 0.831. The van der Waals surface area contributed by atoms with E-state index < -0.39 is 0 Å². The Balaban J connectivity index is 2.02. The topological polar surface area (TPSA) is 29.5 Å². The van der Waals surface area contributed by atoms with Gasteiger partial charge in [-0.05, 0) is 74.1 Å². The Morgan fingerprint density at radius 1 is 1.09 bits per heavy atom. The summed E-state index contributed by atoms with van der Waals surface area (Å²) in [5.74, 6) is 0.808. The summed E-state index contributed by atoms with van der Waals surface area (Å²) in [6.45, 7) is 6.97. The molecule has 3 heteroatoms. The van der Waals surface area contributed by atoms with E-state index in [9.17, 15) is 4.79 Å². The number of fused-ring (bicyclic) bond motifs is 1. The molecule has 0 bridgehead atoms. The lowest BCUT2D eigenvalue weighted by atomic mass is 9.94. The van der Waals surface area contributed by atoms with E-state index in [4.69, 9.17) is 4.74 Å². The standard InChI is InChI=1S/C20H23NO2/c1-13-10-15(3)17-6-5-9-21(18(17)11-13)20(22)16-8-7-14(2)19(12-16)23-4/h7-8,10-12H,5-6,9H2,1-4H3. The van der Waals surface area contributed by atoms with Crippen molar-refractivity contribution in [2.45, 2.75) is 33.6 Å². The Labute approximate surface area is 137 Å². The molecule has 3 nitrogen and oxygen atoms in total. The first-order valence-electron chi connectivity index (χ1n) is 8.08. The molecular formula is C20H23NO2. The molecule has 23 heavy (non-hydrogen) atoms. The second-order valence-electron chi connectivity index (χ2n) is 6.32. The maximum Gasteiger partial charge on any atom is 0.258 e. The fourth-order valence-electron chi connectivity index (χ4n) is 3.40. The van der Waals surface area contributed by atoms with Gasteiger partial charge in [0, 0.05) is 17.8 Å². The molecule has 0 saturated heterocycles. The van der Waals surface area contributed by atoms with Gasteiger partial charge in [-0.2, -0.15) is 0 Å². The fraction of sp³-hybridized carbons (Fsp3) is 0.350. The number of ether oxygens (including phenoxy) is 1. The minimum absolute atomic E-state index is 0.0502. The number of methoxy groups -OCH3 is 1. The van der Waals surface area contributed by atoms with E-state index in [0.717, 1.165) is 36.4 Å². The predicted octanol–water partition coefficient (Wildman–Crippen LogP) is 4.21. The molecule has 1 aliphatic rings. The third-order valence-corrected chi connectivity index (χ3v) is 4.59. The number of aryl methyl sites for hydroxylation is 3. The van der Waals surface area contributed by atoms with E-state index in [0.29, 0.717) is 5.56 Å². The second kappa shape index (κ2) is 6.07. The fourth-order valence-corrected chi connectivity index (χ4v) is 3.40. The normalized spacial score (nSPS) is 13.7. The van der Waals surface area contributed by atoms with Crippen molar-refractivity contribution in [1.29, 1.82) is 0 Å². The van der Waals surface area contributed by atoms with Crippen LogP contribution in [0.5, 0.6) is 5.75 Å². The average Bonchev–Trinajstić information content (AvgIpc) is 2.54. The summed E-state index contributed by atoms with van der Waals surface area (Å²) < 4.78 is 5.36. The molecule has 2 aromatic rings. The summed E-state index contributed by atoms with van der Waals surface area (Å²) in [6.07, 6.45) is 2.05. The van der Waals surface area contributed by atoms with Gasteiger partial charge >= 0.3 is 0 Å². The van der Waals surface area contributed by atoms with Gasteiger partial charge < -0.3 is 9.64 Å². The van der Waals surface area contributed by atoms with Crippen LogP contribution in [0.4, 0.5) is 5.69 Å². The Kier molecular flexibility index (Phi) is 4.12. The molecule has 2 aromatic carbocycles. The van der Waals surface area contributed by atoms with E-state index in [-0.39, 0.29) is 5.91 Å². The van der Waals surface area contributed by atoms with Crippen LogP contribution in [-0.2, 0) is 6.42 Å². The summed E-state index contributed by atoms with van der Waals surface area (Å²) in [6, 6.07) is 10.00. The summed E-state index contributed by atoms with van der Waals surface area (Å²) >= 11 is 0. The van der Waals surface area contributed by atoms with Crippen molar-refractivity contribution in [3.8, 4) is 5.75 Å². The molecule has 1 aliphatic heterocycles. The molecule has 1 heterocycles.